The van der Waals surface area contributed by atoms with E-state index in [1.807, 2.05) is 4.90 Å². The van der Waals surface area contributed by atoms with Gasteiger partial charge in [0.1, 0.15) is 17.5 Å². The molecule has 1 fully saturated rings. The summed E-state index contributed by atoms with van der Waals surface area (Å²) >= 11 is 12.0. The lowest BCUT2D eigenvalue weighted by Crippen LogP contribution is -2.28. The Bertz CT molecular complexity index is 1310. The number of rotatable bonds is 5. The van der Waals surface area contributed by atoms with Crippen LogP contribution < -0.4 is 10.6 Å². The zero-order valence-corrected chi connectivity index (χ0v) is 20.3. The number of hydrogen-bond donors (Lipinski definition) is 3. The standard InChI is InChI=1S/C25H22Cl2FN5O2/c1-14-10-17(27)12-19(25(35)31-21-7-5-16(26)13-30-21)22(14)32-24(34)18-6-4-15(11-20(18)28)23(29)33-8-2-3-9-33/h4-7,10-13,29H,2-3,8-9H2,1H3,(H,32,34)(H,30,31,35). The third-order valence-electron chi connectivity index (χ3n) is 5.66. The van der Waals surface area contributed by atoms with E-state index in [-0.39, 0.29) is 28.5 Å². The third-order valence-corrected chi connectivity index (χ3v) is 6.10. The van der Waals surface area contributed by atoms with E-state index in [0.717, 1.165) is 25.9 Å². The Morgan fingerprint density at radius 1 is 0.971 bits per heavy atom. The van der Waals surface area contributed by atoms with Crippen molar-refractivity contribution in [2.45, 2.75) is 19.8 Å². The van der Waals surface area contributed by atoms with Gasteiger partial charge in [0, 0.05) is 29.9 Å². The van der Waals surface area contributed by atoms with Crippen molar-refractivity contribution in [3.05, 3.63) is 86.8 Å². The van der Waals surface area contributed by atoms with E-state index >= 15 is 0 Å². The predicted molar refractivity (Wildman–Crippen MR) is 135 cm³/mol. The molecule has 0 atom stereocenters. The first kappa shape index (κ1) is 24.6. The number of anilines is 2. The summed E-state index contributed by atoms with van der Waals surface area (Å²) in [6.45, 7) is 3.19. The molecule has 7 nitrogen and oxygen atoms in total. The summed E-state index contributed by atoms with van der Waals surface area (Å²) in [6, 6.07) is 10.2. The molecule has 4 rings (SSSR count). The van der Waals surface area contributed by atoms with E-state index < -0.39 is 17.6 Å². The zero-order valence-electron chi connectivity index (χ0n) is 18.8. The number of aromatic nitrogens is 1. The minimum Gasteiger partial charge on any atom is -0.357 e. The molecule has 2 heterocycles. The van der Waals surface area contributed by atoms with Gasteiger partial charge in [-0.05, 0) is 61.7 Å². The molecule has 3 N–H and O–H groups in total. The molecule has 2 amide bonds. The van der Waals surface area contributed by atoms with Crippen molar-refractivity contribution in [2.75, 3.05) is 23.7 Å². The van der Waals surface area contributed by atoms with Crippen LogP contribution in [0.5, 0.6) is 0 Å². The number of amides is 2. The molecule has 1 aliphatic heterocycles. The number of carbonyl (C=O) groups excluding carboxylic acids is 2. The summed E-state index contributed by atoms with van der Waals surface area (Å²) < 4.78 is 14.9. The molecule has 3 aromatic rings. The highest BCUT2D eigenvalue weighted by Crippen LogP contribution is 2.28. The van der Waals surface area contributed by atoms with Gasteiger partial charge in [-0.2, -0.15) is 0 Å². The van der Waals surface area contributed by atoms with Crippen molar-refractivity contribution >= 4 is 52.4 Å². The number of likely N-dealkylation sites (tertiary alicyclic amines) is 1. The molecule has 2 aromatic carbocycles. The Labute approximate surface area is 211 Å². The Balaban J connectivity index is 1.57. The lowest BCUT2D eigenvalue weighted by Gasteiger charge is -2.19. The predicted octanol–water partition coefficient (Wildman–Crippen LogP) is 5.76. The number of benzene rings is 2. The minimum absolute atomic E-state index is 0.0907. The fourth-order valence-electron chi connectivity index (χ4n) is 3.87. The van der Waals surface area contributed by atoms with Gasteiger partial charge in [-0.25, -0.2) is 9.37 Å². The fourth-order valence-corrected chi connectivity index (χ4v) is 4.26. The average molecular weight is 514 g/mol. The van der Waals surface area contributed by atoms with Crippen molar-refractivity contribution in [3.8, 4) is 0 Å². The van der Waals surface area contributed by atoms with Gasteiger partial charge in [0.05, 0.1) is 21.8 Å². The topological polar surface area (TPSA) is 98.2 Å². The smallest absolute Gasteiger partial charge is 0.258 e. The molecule has 180 valence electrons. The highest BCUT2D eigenvalue weighted by Gasteiger charge is 2.22. The van der Waals surface area contributed by atoms with Crippen LogP contribution in [0.25, 0.3) is 0 Å². The van der Waals surface area contributed by atoms with Crippen LogP contribution in [0.1, 0.15) is 44.7 Å². The summed E-state index contributed by atoms with van der Waals surface area (Å²) in [4.78, 5) is 31.8. The number of pyridine rings is 1. The van der Waals surface area contributed by atoms with Gasteiger partial charge in [0.2, 0.25) is 0 Å². The van der Waals surface area contributed by atoms with Crippen LogP contribution in [0.2, 0.25) is 10.0 Å². The summed E-state index contributed by atoms with van der Waals surface area (Å²) in [5, 5.41) is 14.3. The van der Waals surface area contributed by atoms with Crippen molar-refractivity contribution < 1.29 is 14.0 Å². The molecule has 0 aliphatic carbocycles. The SMILES string of the molecule is Cc1cc(Cl)cc(C(=O)Nc2ccc(Cl)cn2)c1NC(=O)c1ccc(C(=N)N2CCCC2)cc1F. The molecule has 35 heavy (non-hydrogen) atoms. The van der Waals surface area contributed by atoms with E-state index in [0.29, 0.717) is 21.2 Å². The minimum atomic E-state index is -0.757. The molecule has 10 heteroatoms. The second-order valence-corrected chi connectivity index (χ2v) is 9.03. The van der Waals surface area contributed by atoms with Gasteiger partial charge in [0.15, 0.2) is 0 Å². The van der Waals surface area contributed by atoms with E-state index in [4.69, 9.17) is 28.6 Å². The summed E-state index contributed by atoms with van der Waals surface area (Å²) in [5.41, 5.74) is 1.00. The normalized spacial score (nSPS) is 13.0. The van der Waals surface area contributed by atoms with Gasteiger partial charge in [-0.3, -0.25) is 15.0 Å². The van der Waals surface area contributed by atoms with Crippen LogP contribution in [0, 0.1) is 18.2 Å². The molecular formula is C25H22Cl2FN5O2. The average Bonchev–Trinajstić information content (AvgIpc) is 3.36. The van der Waals surface area contributed by atoms with Crippen molar-refractivity contribution in [2.24, 2.45) is 0 Å². The molecule has 0 spiro atoms. The van der Waals surface area contributed by atoms with Crippen LogP contribution in [0.3, 0.4) is 0 Å². The van der Waals surface area contributed by atoms with Gasteiger partial charge in [-0.1, -0.05) is 29.3 Å². The maximum absolute atomic E-state index is 14.9. The zero-order chi connectivity index (χ0) is 25.1. The number of nitrogens with zero attached hydrogens (tertiary/aromatic N) is 2. The largest absolute Gasteiger partial charge is 0.357 e. The highest BCUT2D eigenvalue weighted by atomic mass is 35.5. The second-order valence-electron chi connectivity index (χ2n) is 8.15. The van der Waals surface area contributed by atoms with Gasteiger partial charge in [0.25, 0.3) is 11.8 Å². The number of amidine groups is 1. The first-order chi connectivity index (χ1) is 16.7. The molecule has 1 saturated heterocycles. The van der Waals surface area contributed by atoms with Crippen LogP contribution in [0.15, 0.2) is 48.7 Å². The molecule has 0 bridgehead atoms. The molecule has 0 unspecified atom stereocenters. The van der Waals surface area contributed by atoms with E-state index in [9.17, 15) is 14.0 Å². The maximum atomic E-state index is 14.9. The van der Waals surface area contributed by atoms with Crippen molar-refractivity contribution in [1.29, 1.82) is 5.41 Å². The number of nitrogens with one attached hydrogen (secondary N) is 3. The number of halogens is 3. The Hall–Kier alpha value is -3.49. The summed E-state index contributed by atoms with van der Waals surface area (Å²) in [7, 11) is 0. The third kappa shape index (κ3) is 5.61. The molecule has 1 aliphatic rings. The van der Waals surface area contributed by atoms with Crippen LogP contribution in [-0.4, -0.2) is 40.6 Å². The van der Waals surface area contributed by atoms with Gasteiger partial charge < -0.3 is 15.5 Å². The van der Waals surface area contributed by atoms with Gasteiger partial charge in [-0.15, -0.1) is 0 Å². The van der Waals surface area contributed by atoms with E-state index in [1.54, 1.807) is 25.1 Å². The monoisotopic (exact) mass is 513 g/mol. The summed E-state index contributed by atoms with van der Waals surface area (Å²) in [6.07, 6.45) is 3.38. The van der Waals surface area contributed by atoms with E-state index in [2.05, 4.69) is 15.6 Å². The molecule has 0 radical (unpaired) electrons. The quantitative estimate of drug-likeness (QED) is 0.298. The maximum Gasteiger partial charge on any atom is 0.258 e. The highest BCUT2D eigenvalue weighted by molar-refractivity contribution is 6.31. The Kier molecular flexibility index (Phi) is 7.33. The first-order valence-electron chi connectivity index (χ1n) is 10.9. The number of carbonyl (C=O) groups is 2. The lowest BCUT2D eigenvalue weighted by molar-refractivity contribution is 0.102. The lowest BCUT2D eigenvalue weighted by atomic mass is 10.1. The molecule has 0 saturated carbocycles. The van der Waals surface area contributed by atoms with Crippen molar-refractivity contribution in [3.63, 3.8) is 0 Å². The first-order valence-corrected chi connectivity index (χ1v) is 11.7. The molecular weight excluding hydrogens is 492 g/mol. The summed E-state index contributed by atoms with van der Waals surface area (Å²) in [5.74, 6) is -1.55. The van der Waals surface area contributed by atoms with Crippen molar-refractivity contribution in [1.82, 2.24) is 9.88 Å². The van der Waals surface area contributed by atoms with Crippen LogP contribution in [-0.2, 0) is 0 Å². The van der Waals surface area contributed by atoms with Crippen LogP contribution in [0.4, 0.5) is 15.9 Å². The second kappa shape index (κ2) is 10.4. The fraction of sp³-hybridized carbons (Fsp3) is 0.200. The Morgan fingerprint density at radius 2 is 1.69 bits per heavy atom. The number of hydrogen-bond acceptors (Lipinski definition) is 4. The van der Waals surface area contributed by atoms with Gasteiger partial charge >= 0.3 is 0 Å². The van der Waals surface area contributed by atoms with E-state index in [1.165, 1.54) is 30.5 Å². The Morgan fingerprint density at radius 3 is 2.34 bits per heavy atom. The number of aryl methyl sites for hydroxylation is 1. The van der Waals surface area contributed by atoms with Crippen LogP contribution >= 0.6 is 23.2 Å². The molecule has 1 aromatic heterocycles.